The zero-order valence-electron chi connectivity index (χ0n) is 8.17. The van der Waals surface area contributed by atoms with Crippen molar-refractivity contribution in [1.29, 1.82) is 0 Å². The molecule has 7 nitrogen and oxygen atoms in total. The average Bonchev–Trinajstić information content (AvgIpc) is 1.94. The van der Waals surface area contributed by atoms with Gasteiger partial charge in [0.15, 0.2) is 0 Å². The maximum Gasteiger partial charge on any atom is 0.318 e. The topological polar surface area (TPSA) is 104 Å². The Kier molecular flexibility index (Phi) is 4.99. The highest BCUT2D eigenvalue weighted by Gasteiger charge is 2.19. The molecule has 0 bridgehead atoms. The first kappa shape index (κ1) is 13.3. The number of nitrogens with two attached hydrogens (primary N) is 1. The molecule has 0 aromatic heterocycles. The molecule has 0 saturated heterocycles. The van der Waals surface area contributed by atoms with Crippen molar-refractivity contribution in [3.63, 3.8) is 0 Å². The lowest BCUT2D eigenvalue weighted by molar-refractivity contribution is -0.137. The smallest absolute Gasteiger partial charge is 0.318 e. The Morgan fingerprint density at radius 1 is 1.36 bits per heavy atom. The monoisotopic (exact) mass is 225 g/mol. The fraction of sp³-hybridized carbons (Fsp3) is 0.833. The van der Waals surface area contributed by atoms with Crippen molar-refractivity contribution in [2.24, 2.45) is 5.14 Å². The zero-order chi connectivity index (χ0) is 11.4. The Balaban J connectivity index is 4.35. The van der Waals surface area contributed by atoms with Gasteiger partial charge in [-0.1, -0.05) is 0 Å². The van der Waals surface area contributed by atoms with E-state index in [0.29, 0.717) is 6.54 Å². The number of rotatable bonds is 6. The van der Waals surface area contributed by atoms with Gasteiger partial charge >= 0.3 is 5.97 Å². The number of hydrogen-bond acceptors (Lipinski definition) is 4. The third kappa shape index (κ3) is 5.86. The van der Waals surface area contributed by atoms with Gasteiger partial charge in [0.2, 0.25) is 0 Å². The van der Waals surface area contributed by atoms with Crippen LogP contribution in [0.3, 0.4) is 0 Å². The van der Waals surface area contributed by atoms with Crippen LogP contribution >= 0.6 is 0 Å². The molecule has 0 spiro atoms. The van der Waals surface area contributed by atoms with Gasteiger partial charge in [0.05, 0.1) is 0 Å². The molecule has 0 aromatic carbocycles. The summed E-state index contributed by atoms with van der Waals surface area (Å²) in [5.41, 5.74) is 0. The lowest BCUT2D eigenvalue weighted by atomic mass is 10.5. The molecule has 0 atom stereocenters. The molecule has 0 fully saturated rings. The van der Waals surface area contributed by atoms with Crippen molar-refractivity contribution < 1.29 is 18.3 Å². The summed E-state index contributed by atoms with van der Waals surface area (Å²) >= 11 is 0. The van der Waals surface area contributed by atoms with Crippen LogP contribution in [0, 0.1) is 0 Å². The molecule has 0 heterocycles. The van der Waals surface area contributed by atoms with Gasteiger partial charge < -0.3 is 10.0 Å². The Morgan fingerprint density at radius 3 is 2.14 bits per heavy atom. The SMILES string of the molecule is CN(C)CCN(CC(=O)O)S(N)(=O)=O. The third-order valence-electron chi connectivity index (χ3n) is 1.47. The summed E-state index contributed by atoms with van der Waals surface area (Å²) in [7, 11) is -0.426. The molecule has 0 aliphatic carbocycles. The highest BCUT2D eigenvalue weighted by Crippen LogP contribution is 1.94. The quantitative estimate of drug-likeness (QED) is 0.551. The van der Waals surface area contributed by atoms with Crippen LogP contribution in [0.1, 0.15) is 0 Å². The summed E-state index contributed by atoms with van der Waals surface area (Å²) in [4.78, 5) is 12.1. The summed E-state index contributed by atoms with van der Waals surface area (Å²) in [6.45, 7) is -0.117. The molecule has 0 saturated carbocycles. The molecular formula is C6H15N3O4S. The minimum atomic E-state index is -3.93. The molecule has 0 rings (SSSR count). The fourth-order valence-corrected chi connectivity index (χ4v) is 1.39. The Hall–Kier alpha value is -0.700. The molecule has 0 unspecified atom stereocenters. The van der Waals surface area contributed by atoms with Gasteiger partial charge in [0.25, 0.3) is 10.2 Å². The average molecular weight is 225 g/mol. The number of likely N-dealkylation sites (N-methyl/N-ethyl adjacent to an activating group) is 1. The van der Waals surface area contributed by atoms with Crippen molar-refractivity contribution in [2.45, 2.75) is 0 Å². The molecule has 0 radical (unpaired) electrons. The summed E-state index contributed by atoms with van der Waals surface area (Å²) in [5, 5.41) is 13.3. The highest BCUT2D eigenvalue weighted by molar-refractivity contribution is 7.86. The van der Waals surface area contributed by atoms with Crippen LogP contribution in [0.5, 0.6) is 0 Å². The standard InChI is InChI=1S/C6H15N3O4S/c1-8(2)3-4-9(5-6(10)11)14(7,12)13/h3-5H2,1-2H3,(H,10,11)(H2,7,12,13). The normalized spacial score (nSPS) is 12.4. The van der Waals surface area contributed by atoms with E-state index in [1.165, 1.54) is 0 Å². The third-order valence-corrected chi connectivity index (χ3v) is 2.50. The van der Waals surface area contributed by atoms with Gasteiger partial charge in [-0.3, -0.25) is 4.79 Å². The molecule has 84 valence electrons. The maximum atomic E-state index is 10.9. The number of nitrogens with zero attached hydrogens (tertiary/aromatic N) is 2. The van der Waals surface area contributed by atoms with Crippen LogP contribution in [-0.4, -0.2) is 62.4 Å². The largest absolute Gasteiger partial charge is 0.480 e. The molecule has 8 heteroatoms. The minimum absolute atomic E-state index is 0.0676. The van der Waals surface area contributed by atoms with Crippen molar-refractivity contribution in [3.05, 3.63) is 0 Å². The van der Waals surface area contributed by atoms with Crippen LogP contribution in [0.25, 0.3) is 0 Å². The fourth-order valence-electron chi connectivity index (χ4n) is 0.759. The highest BCUT2D eigenvalue weighted by atomic mass is 32.2. The van der Waals surface area contributed by atoms with Gasteiger partial charge in [0, 0.05) is 13.1 Å². The van der Waals surface area contributed by atoms with Gasteiger partial charge in [0.1, 0.15) is 6.54 Å². The van der Waals surface area contributed by atoms with Crippen molar-refractivity contribution in [1.82, 2.24) is 9.21 Å². The minimum Gasteiger partial charge on any atom is -0.480 e. The number of carboxylic acids is 1. The number of aliphatic carboxylic acids is 1. The Labute approximate surface area is 83.3 Å². The number of carbonyl (C=O) groups is 1. The van der Waals surface area contributed by atoms with Crippen LogP contribution in [-0.2, 0) is 15.0 Å². The predicted octanol–water partition coefficient (Wildman–Crippen LogP) is -1.86. The van der Waals surface area contributed by atoms with E-state index in [1.54, 1.807) is 19.0 Å². The lowest BCUT2D eigenvalue weighted by Gasteiger charge is -2.19. The molecule has 0 amide bonds. The summed E-state index contributed by atoms with van der Waals surface area (Å²) in [5.74, 6) is -1.22. The molecule has 0 aliphatic rings. The van der Waals surface area contributed by atoms with Crippen molar-refractivity contribution in [2.75, 3.05) is 33.7 Å². The predicted molar refractivity (Wildman–Crippen MR) is 50.9 cm³/mol. The van der Waals surface area contributed by atoms with E-state index >= 15 is 0 Å². The van der Waals surface area contributed by atoms with Crippen LogP contribution in [0.2, 0.25) is 0 Å². The first-order valence-electron chi connectivity index (χ1n) is 3.88. The molecule has 0 aromatic rings. The Bertz CT molecular complexity index is 287. The first-order chi connectivity index (χ1) is 6.23. The van der Waals surface area contributed by atoms with Crippen LogP contribution in [0.4, 0.5) is 0 Å². The van der Waals surface area contributed by atoms with Crippen LogP contribution in [0.15, 0.2) is 0 Å². The van der Waals surface area contributed by atoms with Crippen molar-refractivity contribution >= 4 is 16.2 Å². The number of hydrogen-bond donors (Lipinski definition) is 2. The molecular weight excluding hydrogens is 210 g/mol. The van der Waals surface area contributed by atoms with Gasteiger partial charge in [-0.05, 0) is 14.1 Å². The summed E-state index contributed by atoms with van der Waals surface area (Å²) in [6, 6.07) is 0. The van der Waals surface area contributed by atoms with Gasteiger partial charge in [-0.15, -0.1) is 0 Å². The van der Waals surface area contributed by atoms with E-state index in [2.05, 4.69) is 0 Å². The molecule has 14 heavy (non-hydrogen) atoms. The van der Waals surface area contributed by atoms with E-state index < -0.39 is 22.7 Å². The first-order valence-corrected chi connectivity index (χ1v) is 5.38. The van der Waals surface area contributed by atoms with Crippen molar-refractivity contribution in [3.8, 4) is 0 Å². The molecule has 3 N–H and O–H groups in total. The Morgan fingerprint density at radius 2 is 1.86 bits per heavy atom. The summed E-state index contributed by atoms with van der Waals surface area (Å²) in [6.07, 6.45) is 0. The van der Waals surface area contributed by atoms with Gasteiger partial charge in [-0.2, -0.15) is 12.7 Å². The molecule has 0 aliphatic heterocycles. The number of carboxylic acid groups (broad SMARTS) is 1. The van der Waals surface area contributed by atoms with E-state index in [4.69, 9.17) is 10.2 Å². The maximum absolute atomic E-state index is 10.9. The second kappa shape index (κ2) is 5.25. The second-order valence-electron chi connectivity index (χ2n) is 3.08. The van der Waals surface area contributed by atoms with E-state index in [9.17, 15) is 13.2 Å². The van der Waals surface area contributed by atoms with E-state index in [0.717, 1.165) is 4.31 Å². The second-order valence-corrected chi connectivity index (χ2v) is 4.62. The lowest BCUT2D eigenvalue weighted by Crippen LogP contribution is -2.43. The summed E-state index contributed by atoms with van der Waals surface area (Å²) < 4.78 is 22.5. The van der Waals surface area contributed by atoms with Gasteiger partial charge in [-0.25, -0.2) is 5.14 Å². The van der Waals surface area contributed by atoms with E-state index in [-0.39, 0.29) is 6.54 Å². The zero-order valence-corrected chi connectivity index (χ0v) is 8.99. The van der Waals surface area contributed by atoms with Crippen LogP contribution < -0.4 is 5.14 Å². The van der Waals surface area contributed by atoms with E-state index in [1.807, 2.05) is 0 Å².